The summed E-state index contributed by atoms with van der Waals surface area (Å²) in [6, 6.07) is 10.5. The van der Waals surface area contributed by atoms with Gasteiger partial charge in [0.25, 0.3) is 0 Å². The second-order valence-electron chi connectivity index (χ2n) is 9.22. The van der Waals surface area contributed by atoms with Crippen LogP contribution in [0.3, 0.4) is 0 Å². The van der Waals surface area contributed by atoms with E-state index in [0.29, 0.717) is 18.9 Å². The second kappa shape index (κ2) is 12.6. The zero-order valence-electron chi connectivity index (χ0n) is 20.3. The fraction of sp³-hybridized carbons (Fsp3) is 0.577. The average Bonchev–Trinajstić information content (AvgIpc) is 2.90. The van der Waals surface area contributed by atoms with Crippen molar-refractivity contribution in [1.29, 1.82) is 0 Å². The van der Waals surface area contributed by atoms with Gasteiger partial charge in [0.1, 0.15) is 18.0 Å². The molecule has 2 aromatic rings. The molecule has 0 bridgehead atoms. The van der Waals surface area contributed by atoms with Crippen LogP contribution in [0.4, 0.5) is 17.3 Å². The highest BCUT2D eigenvalue weighted by Crippen LogP contribution is 2.25. The van der Waals surface area contributed by atoms with Crippen molar-refractivity contribution in [3.63, 3.8) is 0 Å². The van der Waals surface area contributed by atoms with E-state index in [1.165, 1.54) is 12.1 Å². The molecule has 2 saturated heterocycles. The number of carbonyl (C=O) groups is 1. The SMILES string of the molecule is CCCNc1cc(N2CCCC(CCC(=O)NCc3ccc(N4CCOCC4)cc3)C2)ncn1. The van der Waals surface area contributed by atoms with Gasteiger partial charge in [0.05, 0.1) is 13.2 Å². The summed E-state index contributed by atoms with van der Waals surface area (Å²) in [6.45, 7) is 9.02. The second-order valence-corrected chi connectivity index (χ2v) is 9.22. The number of morpholine rings is 1. The number of carbonyl (C=O) groups excluding carboxylic acids is 1. The summed E-state index contributed by atoms with van der Waals surface area (Å²) < 4.78 is 5.42. The van der Waals surface area contributed by atoms with Crippen LogP contribution in [-0.2, 0) is 16.1 Å². The summed E-state index contributed by atoms with van der Waals surface area (Å²) in [5.41, 5.74) is 2.35. The number of nitrogens with zero attached hydrogens (tertiary/aromatic N) is 4. The number of hydrogen-bond acceptors (Lipinski definition) is 7. The van der Waals surface area contributed by atoms with Crippen LogP contribution in [0.2, 0.25) is 0 Å². The van der Waals surface area contributed by atoms with Gasteiger partial charge in [-0.15, -0.1) is 0 Å². The smallest absolute Gasteiger partial charge is 0.220 e. The number of rotatable bonds is 10. The van der Waals surface area contributed by atoms with Crippen molar-refractivity contribution in [2.75, 3.05) is 61.1 Å². The molecular formula is C26H38N6O2. The van der Waals surface area contributed by atoms with Crippen molar-refractivity contribution in [3.05, 3.63) is 42.2 Å². The van der Waals surface area contributed by atoms with Crippen molar-refractivity contribution in [2.24, 2.45) is 5.92 Å². The Hall–Kier alpha value is -2.87. The highest BCUT2D eigenvalue weighted by Gasteiger charge is 2.22. The molecule has 4 rings (SSSR count). The summed E-state index contributed by atoms with van der Waals surface area (Å²) in [7, 11) is 0. The molecule has 34 heavy (non-hydrogen) atoms. The highest BCUT2D eigenvalue weighted by atomic mass is 16.5. The molecule has 8 heteroatoms. The number of hydrogen-bond donors (Lipinski definition) is 2. The first kappa shape index (κ1) is 24.3. The molecule has 1 unspecified atom stereocenters. The number of aromatic nitrogens is 2. The normalized spacial score (nSPS) is 18.6. The third-order valence-electron chi connectivity index (χ3n) is 6.63. The fourth-order valence-corrected chi connectivity index (χ4v) is 4.65. The van der Waals surface area contributed by atoms with E-state index < -0.39 is 0 Å². The van der Waals surface area contributed by atoms with Gasteiger partial charge in [-0.3, -0.25) is 4.79 Å². The van der Waals surface area contributed by atoms with Crippen LogP contribution >= 0.6 is 0 Å². The summed E-state index contributed by atoms with van der Waals surface area (Å²) in [6.07, 6.45) is 6.47. The van der Waals surface area contributed by atoms with E-state index in [-0.39, 0.29) is 5.91 Å². The molecule has 3 heterocycles. The molecule has 0 radical (unpaired) electrons. The van der Waals surface area contributed by atoms with Gasteiger partial charge in [-0.2, -0.15) is 0 Å². The van der Waals surface area contributed by atoms with Gasteiger partial charge in [0, 0.05) is 57.4 Å². The Morgan fingerprint density at radius 2 is 1.94 bits per heavy atom. The number of piperidine rings is 1. The lowest BCUT2D eigenvalue weighted by atomic mass is 9.93. The number of nitrogens with one attached hydrogen (secondary N) is 2. The van der Waals surface area contributed by atoms with Crippen molar-refractivity contribution in [2.45, 2.75) is 45.6 Å². The summed E-state index contributed by atoms with van der Waals surface area (Å²) >= 11 is 0. The Morgan fingerprint density at radius 1 is 1.12 bits per heavy atom. The third kappa shape index (κ3) is 7.06. The van der Waals surface area contributed by atoms with Gasteiger partial charge in [-0.05, 0) is 49.3 Å². The first-order valence-corrected chi connectivity index (χ1v) is 12.7. The summed E-state index contributed by atoms with van der Waals surface area (Å²) in [5, 5.41) is 6.43. The molecule has 1 aromatic heterocycles. The molecule has 0 aliphatic carbocycles. The molecule has 1 amide bonds. The maximum Gasteiger partial charge on any atom is 0.220 e. The maximum absolute atomic E-state index is 12.5. The van der Waals surface area contributed by atoms with E-state index in [1.54, 1.807) is 6.33 Å². The van der Waals surface area contributed by atoms with E-state index in [1.807, 2.05) is 6.07 Å². The number of benzene rings is 1. The van der Waals surface area contributed by atoms with Crippen molar-refractivity contribution in [3.8, 4) is 0 Å². The average molecular weight is 467 g/mol. The van der Waals surface area contributed by atoms with E-state index in [2.05, 4.69) is 61.6 Å². The van der Waals surface area contributed by atoms with Crippen molar-refractivity contribution in [1.82, 2.24) is 15.3 Å². The Morgan fingerprint density at radius 3 is 2.74 bits per heavy atom. The molecule has 8 nitrogen and oxygen atoms in total. The van der Waals surface area contributed by atoms with Crippen LogP contribution in [0.5, 0.6) is 0 Å². The van der Waals surface area contributed by atoms with E-state index in [0.717, 1.165) is 82.4 Å². The molecule has 2 fully saturated rings. The lowest BCUT2D eigenvalue weighted by Crippen LogP contribution is -2.36. The molecule has 1 atom stereocenters. The van der Waals surface area contributed by atoms with Gasteiger partial charge in [-0.25, -0.2) is 9.97 Å². The first-order chi connectivity index (χ1) is 16.7. The van der Waals surface area contributed by atoms with Gasteiger partial charge < -0.3 is 25.2 Å². The Labute approximate surface area is 203 Å². The van der Waals surface area contributed by atoms with Gasteiger partial charge in [0.15, 0.2) is 0 Å². The van der Waals surface area contributed by atoms with Gasteiger partial charge in [-0.1, -0.05) is 19.1 Å². The van der Waals surface area contributed by atoms with Crippen LogP contribution in [0.25, 0.3) is 0 Å². The Kier molecular flexibility index (Phi) is 8.96. The van der Waals surface area contributed by atoms with Gasteiger partial charge in [0.2, 0.25) is 5.91 Å². The van der Waals surface area contributed by atoms with Crippen LogP contribution in [0.15, 0.2) is 36.7 Å². The largest absolute Gasteiger partial charge is 0.378 e. The first-order valence-electron chi connectivity index (χ1n) is 12.7. The molecule has 2 aliphatic heterocycles. The van der Waals surface area contributed by atoms with Crippen LogP contribution in [0, 0.1) is 5.92 Å². The van der Waals surface area contributed by atoms with Crippen LogP contribution in [-0.4, -0.2) is 61.8 Å². The molecule has 2 N–H and O–H groups in total. The minimum absolute atomic E-state index is 0.127. The molecule has 0 saturated carbocycles. The van der Waals surface area contributed by atoms with Crippen molar-refractivity contribution >= 4 is 23.2 Å². The minimum atomic E-state index is 0.127. The van der Waals surface area contributed by atoms with E-state index >= 15 is 0 Å². The van der Waals surface area contributed by atoms with E-state index in [9.17, 15) is 4.79 Å². The number of anilines is 3. The van der Waals surface area contributed by atoms with Gasteiger partial charge >= 0.3 is 0 Å². The number of ether oxygens (including phenoxy) is 1. The fourth-order valence-electron chi connectivity index (χ4n) is 4.65. The monoisotopic (exact) mass is 466 g/mol. The standard InChI is InChI=1S/C26H38N6O2/c1-2-11-27-24-17-25(30-20-29-24)32-12-3-4-22(19-32)7-10-26(33)28-18-21-5-8-23(9-6-21)31-13-15-34-16-14-31/h5-6,8-9,17,20,22H,2-4,7,10-16,18-19H2,1H3,(H,28,33)(H,27,29,30). The molecule has 2 aliphatic rings. The Bertz CT molecular complexity index is 900. The predicted molar refractivity (Wildman–Crippen MR) is 136 cm³/mol. The van der Waals surface area contributed by atoms with Crippen LogP contribution in [0.1, 0.15) is 44.6 Å². The molecular weight excluding hydrogens is 428 g/mol. The van der Waals surface area contributed by atoms with Crippen molar-refractivity contribution < 1.29 is 9.53 Å². The number of amides is 1. The lowest BCUT2D eigenvalue weighted by molar-refractivity contribution is -0.121. The summed E-state index contributed by atoms with van der Waals surface area (Å²) in [5.74, 6) is 2.49. The Balaban J connectivity index is 1.19. The third-order valence-corrected chi connectivity index (χ3v) is 6.63. The zero-order chi connectivity index (χ0) is 23.6. The topological polar surface area (TPSA) is 82.6 Å². The molecule has 184 valence electrons. The molecule has 1 aromatic carbocycles. The lowest BCUT2D eigenvalue weighted by Gasteiger charge is -2.33. The molecule has 0 spiro atoms. The van der Waals surface area contributed by atoms with Crippen LogP contribution < -0.4 is 20.4 Å². The zero-order valence-corrected chi connectivity index (χ0v) is 20.3. The van der Waals surface area contributed by atoms with E-state index in [4.69, 9.17) is 4.74 Å². The quantitative estimate of drug-likeness (QED) is 0.555. The maximum atomic E-state index is 12.5. The minimum Gasteiger partial charge on any atom is -0.378 e. The highest BCUT2D eigenvalue weighted by molar-refractivity contribution is 5.75. The summed E-state index contributed by atoms with van der Waals surface area (Å²) in [4.78, 5) is 26.0. The predicted octanol–water partition coefficient (Wildman–Crippen LogP) is 3.45.